The summed E-state index contributed by atoms with van der Waals surface area (Å²) >= 11 is 3.35. The zero-order valence-electron chi connectivity index (χ0n) is 10.0. The second-order valence-electron chi connectivity index (χ2n) is 4.11. The van der Waals surface area contributed by atoms with Crippen LogP contribution in [0.25, 0.3) is 21.9 Å². The van der Waals surface area contributed by atoms with E-state index >= 15 is 0 Å². The highest BCUT2D eigenvalue weighted by atomic mass is 79.9. The summed E-state index contributed by atoms with van der Waals surface area (Å²) in [5.74, 6) is 0.496. The van der Waals surface area contributed by atoms with E-state index in [1.807, 2.05) is 12.1 Å². The Bertz CT molecular complexity index is 772. The van der Waals surface area contributed by atoms with Gasteiger partial charge in [0.05, 0.1) is 12.9 Å². The number of ether oxygens (including phenoxy) is 1. The number of halogens is 1. The topological polar surface area (TPSA) is 52.6 Å². The number of fused-ring (bicyclic) bond motifs is 2. The third kappa shape index (κ3) is 2.26. The van der Waals surface area contributed by atoms with Crippen molar-refractivity contribution in [3.8, 4) is 5.75 Å². The summed E-state index contributed by atoms with van der Waals surface area (Å²) in [5, 5.41) is 2.60. The van der Waals surface area contributed by atoms with Gasteiger partial charge in [-0.2, -0.15) is 0 Å². The molecule has 0 saturated heterocycles. The van der Waals surface area contributed by atoms with E-state index in [9.17, 15) is 4.79 Å². The summed E-state index contributed by atoms with van der Waals surface area (Å²) in [5.41, 5.74) is 0.643. The smallest absolute Gasteiger partial charge is 0.336 e. The summed E-state index contributed by atoms with van der Waals surface area (Å²) in [6.45, 7) is 0.527. The standard InChI is InChI=1S/C14H11BrO4/c15-5-1-6-17-14-12-10(4-7-18-12)8-9-2-3-11(16)19-13(9)14/h2-4,7-8H,1,5-6H2. The lowest BCUT2D eigenvalue weighted by molar-refractivity contribution is 0.315. The molecule has 0 N–H and O–H groups in total. The van der Waals surface area contributed by atoms with E-state index in [1.54, 1.807) is 12.3 Å². The molecule has 0 atom stereocenters. The second-order valence-corrected chi connectivity index (χ2v) is 4.90. The van der Waals surface area contributed by atoms with Crippen LogP contribution in [-0.2, 0) is 0 Å². The average Bonchev–Trinajstić information content (AvgIpc) is 2.86. The monoisotopic (exact) mass is 322 g/mol. The Morgan fingerprint density at radius 3 is 2.84 bits per heavy atom. The highest BCUT2D eigenvalue weighted by molar-refractivity contribution is 9.09. The van der Waals surface area contributed by atoms with Crippen LogP contribution in [-0.4, -0.2) is 11.9 Å². The Balaban J connectivity index is 2.23. The fraction of sp³-hybridized carbons (Fsp3) is 0.214. The molecule has 0 bridgehead atoms. The quantitative estimate of drug-likeness (QED) is 0.417. The minimum atomic E-state index is -0.399. The highest BCUT2D eigenvalue weighted by Crippen LogP contribution is 2.34. The molecule has 4 nitrogen and oxygen atoms in total. The Labute approximate surface area is 117 Å². The maximum atomic E-state index is 11.4. The van der Waals surface area contributed by atoms with Gasteiger partial charge in [-0.05, 0) is 24.6 Å². The summed E-state index contributed by atoms with van der Waals surface area (Å²) in [4.78, 5) is 11.4. The van der Waals surface area contributed by atoms with Gasteiger partial charge in [0, 0.05) is 22.2 Å². The Morgan fingerprint density at radius 1 is 1.16 bits per heavy atom. The average molecular weight is 323 g/mol. The van der Waals surface area contributed by atoms with E-state index in [0.29, 0.717) is 23.5 Å². The summed E-state index contributed by atoms with van der Waals surface area (Å²) in [7, 11) is 0. The van der Waals surface area contributed by atoms with Crippen molar-refractivity contribution < 1.29 is 13.6 Å². The van der Waals surface area contributed by atoms with Gasteiger partial charge in [-0.15, -0.1) is 0 Å². The second kappa shape index (κ2) is 5.09. The molecule has 0 radical (unpaired) electrons. The van der Waals surface area contributed by atoms with E-state index in [4.69, 9.17) is 13.6 Å². The van der Waals surface area contributed by atoms with Crippen LogP contribution in [0.15, 0.2) is 44.2 Å². The maximum Gasteiger partial charge on any atom is 0.336 e. The predicted molar refractivity (Wildman–Crippen MR) is 76.2 cm³/mol. The molecule has 2 aromatic heterocycles. The molecule has 0 aliphatic rings. The van der Waals surface area contributed by atoms with Crippen LogP contribution in [0.3, 0.4) is 0 Å². The zero-order chi connectivity index (χ0) is 13.2. The van der Waals surface area contributed by atoms with Gasteiger partial charge in [0.2, 0.25) is 5.75 Å². The largest absolute Gasteiger partial charge is 0.486 e. The van der Waals surface area contributed by atoms with Crippen LogP contribution in [0.4, 0.5) is 0 Å². The number of rotatable bonds is 4. The van der Waals surface area contributed by atoms with Crippen LogP contribution < -0.4 is 10.4 Å². The Hall–Kier alpha value is -1.75. The van der Waals surface area contributed by atoms with Gasteiger partial charge < -0.3 is 13.6 Å². The van der Waals surface area contributed by atoms with E-state index in [1.165, 1.54) is 6.07 Å². The molecule has 3 aromatic rings. The summed E-state index contributed by atoms with van der Waals surface area (Å²) < 4.78 is 16.4. The highest BCUT2D eigenvalue weighted by Gasteiger charge is 2.14. The molecule has 2 heterocycles. The molecule has 19 heavy (non-hydrogen) atoms. The van der Waals surface area contributed by atoms with Crippen molar-refractivity contribution in [2.75, 3.05) is 11.9 Å². The number of hydrogen-bond acceptors (Lipinski definition) is 4. The first kappa shape index (κ1) is 12.3. The third-order valence-corrected chi connectivity index (χ3v) is 3.37. The van der Waals surface area contributed by atoms with Gasteiger partial charge in [0.1, 0.15) is 0 Å². The van der Waals surface area contributed by atoms with E-state index < -0.39 is 5.63 Å². The van der Waals surface area contributed by atoms with E-state index in [0.717, 1.165) is 22.5 Å². The first-order valence-electron chi connectivity index (χ1n) is 5.92. The van der Waals surface area contributed by atoms with Crippen molar-refractivity contribution in [1.29, 1.82) is 0 Å². The molecule has 1 aromatic carbocycles. The third-order valence-electron chi connectivity index (χ3n) is 2.81. The molecule has 0 amide bonds. The lowest BCUT2D eigenvalue weighted by Crippen LogP contribution is -2.01. The summed E-state index contributed by atoms with van der Waals surface area (Å²) in [6.07, 6.45) is 2.45. The van der Waals surface area contributed by atoms with Gasteiger partial charge in [0.25, 0.3) is 0 Å². The number of alkyl halides is 1. The van der Waals surface area contributed by atoms with Crippen LogP contribution in [0, 0.1) is 0 Å². The van der Waals surface area contributed by atoms with E-state index in [2.05, 4.69) is 15.9 Å². The minimum Gasteiger partial charge on any atom is -0.486 e. The van der Waals surface area contributed by atoms with Gasteiger partial charge in [-0.1, -0.05) is 15.9 Å². The van der Waals surface area contributed by atoms with Crippen LogP contribution >= 0.6 is 15.9 Å². The van der Waals surface area contributed by atoms with Crippen molar-refractivity contribution >= 4 is 37.9 Å². The fourth-order valence-electron chi connectivity index (χ4n) is 1.97. The van der Waals surface area contributed by atoms with Gasteiger partial charge in [-0.25, -0.2) is 4.79 Å². The van der Waals surface area contributed by atoms with Crippen LogP contribution in [0.1, 0.15) is 6.42 Å². The lowest BCUT2D eigenvalue weighted by atomic mass is 10.1. The molecule has 0 aliphatic heterocycles. The predicted octanol–water partition coefficient (Wildman–Crippen LogP) is 3.70. The van der Waals surface area contributed by atoms with Crippen molar-refractivity contribution in [2.24, 2.45) is 0 Å². The molecule has 0 saturated carbocycles. The Morgan fingerprint density at radius 2 is 2.00 bits per heavy atom. The van der Waals surface area contributed by atoms with Gasteiger partial charge in [0.15, 0.2) is 11.2 Å². The van der Waals surface area contributed by atoms with Gasteiger partial charge in [-0.3, -0.25) is 0 Å². The maximum absolute atomic E-state index is 11.4. The molecule has 0 unspecified atom stereocenters. The van der Waals surface area contributed by atoms with E-state index in [-0.39, 0.29) is 0 Å². The first-order valence-corrected chi connectivity index (χ1v) is 7.04. The summed E-state index contributed by atoms with van der Waals surface area (Å²) in [6, 6.07) is 6.90. The lowest BCUT2D eigenvalue weighted by Gasteiger charge is -2.08. The molecule has 0 spiro atoms. The zero-order valence-corrected chi connectivity index (χ0v) is 11.6. The van der Waals surface area contributed by atoms with Crippen molar-refractivity contribution in [3.63, 3.8) is 0 Å². The molecule has 98 valence electrons. The Kier molecular flexibility index (Phi) is 3.29. The number of hydrogen-bond donors (Lipinski definition) is 0. The first-order chi connectivity index (χ1) is 9.29. The van der Waals surface area contributed by atoms with Crippen molar-refractivity contribution in [1.82, 2.24) is 0 Å². The van der Waals surface area contributed by atoms with Crippen molar-refractivity contribution in [2.45, 2.75) is 6.42 Å². The van der Waals surface area contributed by atoms with Crippen LogP contribution in [0.2, 0.25) is 0 Å². The fourth-order valence-corrected chi connectivity index (χ4v) is 2.19. The molecule has 5 heteroatoms. The number of furan rings is 1. The molecule has 3 rings (SSSR count). The molecule has 0 fully saturated rings. The normalized spacial score (nSPS) is 11.2. The van der Waals surface area contributed by atoms with Crippen molar-refractivity contribution in [3.05, 3.63) is 40.9 Å². The minimum absolute atomic E-state index is 0.399. The number of benzene rings is 1. The molecule has 0 aliphatic carbocycles. The SMILES string of the molecule is O=c1ccc2cc3ccoc3c(OCCCBr)c2o1. The molecular weight excluding hydrogens is 312 g/mol. The van der Waals surface area contributed by atoms with Gasteiger partial charge >= 0.3 is 5.63 Å². The molecular formula is C14H11BrO4. The van der Waals surface area contributed by atoms with Crippen LogP contribution in [0.5, 0.6) is 5.75 Å².